The highest BCUT2D eigenvalue weighted by Gasteiger charge is 2.21. The molecule has 0 aromatic heterocycles. The average Bonchev–Trinajstić information content (AvgIpc) is 2.18. The molecule has 1 aliphatic heterocycles. The van der Waals surface area contributed by atoms with E-state index in [1.807, 2.05) is 11.8 Å². The van der Waals surface area contributed by atoms with Gasteiger partial charge in [0.15, 0.2) is 0 Å². The number of allylic oxidation sites excluding steroid dienone is 1. The molecule has 1 rings (SSSR count). The van der Waals surface area contributed by atoms with Crippen molar-refractivity contribution in [3.05, 3.63) is 12.3 Å². The van der Waals surface area contributed by atoms with Gasteiger partial charge in [0.2, 0.25) is 5.91 Å². The Labute approximate surface area is 85.7 Å². The third kappa shape index (κ3) is 3.05. The quantitative estimate of drug-likeness (QED) is 0.647. The van der Waals surface area contributed by atoms with Crippen LogP contribution in [0.15, 0.2) is 12.3 Å². The molecule has 3 nitrogen and oxygen atoms in total. The first kappa shape index (κ1) is 11.1. The molecule has 0 unspecified atom stereocenters. The van der Waals surface area contributed by atoms with Crippen molar-refractivity contribution in [2.24, 2.45) is 0 Å². The standard InChI is InChI=1S/C11H19NO2/c1-4-9(2)14-11-5-7-12(8-6-11)10(3)13/h11H,2,4-8H2,1,3H3. The Morgan fingerprint density at radius 2 is 2.07 bits per heavy atom. The first-order valence-corrected chi connectivity index (χ1v) is 5.23. The van der Waals surface area contributed by atoms with Crippen LogP contribution in [0.5, 0.6) is 0 Å². The summed E-state index contributed by atoms with van der Waals surface area (Å²) < 4.78 is 5.64. The highest BCUT2D eigenvalue weighted by Crippen LogP contribution is 2.17. The van der Waals surface area contributed by atoms with Gasteiger partial charge < -0.3 is 9.64 Å². The van der Waals surface area contributed by atoms with Crippen LogP contribution in [-0.2, 0) is 9.53 Å². The van der Waals surface area contributed by atoms with Gasteiger partial charge in [0.1, 0.15) is 6.10 Å². The molecule has 1 aliphatic rings. The molecule has 0 aliphatic carbocycles. The molecule has 1 amide bonds. The summed E-state index contributed by atoms with van der Waals surface area (Å²) in [5, 5.41) is 0. The van der Waals surface area contributed by atoms with Crippen molar-refractivity contribution >= 4 is 5.91 Å². The van der Waals surface area contributed by atoms with Crippen LogP contribution in [0.1, 0.15) is 33.1 Å². The maximum atomic E-state index is 11.1. The molecule has 1 saturated heterocycles. The second kappa shape index (κ2) is 5.03. The first-order valence-electron chi connectivity index (χ1n) is 5.23. The zero-order chi connectivity index (χ0) is 10.6. The van der Waals surface area contributed by atoms with Gasteiger partial charge in [-0.2, -0.15) is 0 Å². The van der Waals surface area contributed by atoms with E-state index in [4.69, 9.17) is 4.74 Å². The van der Waals surface area contributed by atoms with Crippen molar-refractivity contribution in [2.75, 3.05) is 13.1 Å². The van der Waals surface area contributed by atoms with Crippen molar-refractivity contribution in [3.63, 3.8) is 0 Å². The molecule has 1 fully saturated rings. The topological polar surface area (TPSA) is 29.5 Å². The van der Waals surface area contributed by atoms with Crippen LogP contribution in [0.4, 0.5) is 0 Å². The average molecular weight is 197 g/mol. The Morgan fingerprint density at radius 1 is 1.50 bits per heavy atom. The number of likely N-dealkylation sites (tertiary alicyclic amines) is 1. The summed E-state index contributed by atoms with van der Waals surface area (Å²) in [7, 11) is 0. The zero-order valence-corrected chi connectivity index (χ0v) is 9.08. The fourth-order valence-corrected chi connectivity index (χ4v) is 1.61. The van der Waals surface area contributed by atoms with Gasteiger partial charge >= 0.3 is 0 Å². The SMILES string of the molecule is C=C(CC)OC1CCN(C(C)=O)CC1. The van der Waals surface area contributed by atoms with Crippen LogP contribution in [-0.4, -0.2) is 30.0 Å². The minimum atomic E-state index is 0.165. The monoisotopic (exact) mass is 197 g/mol. The molecule has 80 valence electrons. The Bertz CT molecular complexity index is 217. The second-order valence-corrected chi connectivity index (χ2v) is 3.72. The summed E-state index contributed by atoms with van der Waals surface area (Å²) in [4.78, 5) is 12.9. The van der Waals surface area contributed by atoms with E-state index in [-0.39, 0.29) is 12.0 Å². The molecule has 3 heteroatoms. The van der Waals surface area contributed by atoms with Crippen LogP contribution < -0.4 is 0 Å². The molecule has 0 aromatic rings. The molecule has 0 saturated carbocycles. The number of amides is 1. The van der Waals surface area contributed by atoms with Crippen molar-refractivity contribution in [1.82, 2.24) is 4.90 Å². The van der Waals surface area contributed by atoms with Crippen LogP contribution in [0, 0.1) is 0 Å². The molecular formula is C11H19NO2. The fourth-order valence-electron chi connectivity index (χ4n) is 1.61. The second-order valence-electron chi connectivity index (χ2n) is 3.72. The summed E-state index contributed by atoms with van der Waals surface area (Å²) in [6.45, 7) is 9.10. The van der Waals surface area contributed by atoms with Gasteiger partial charge in [-0.15, -0.1) is 0 Å². The van der Waals surface area contributed by atoms with Crippen molar-refractivity contribution in [2.45, 2.75) is 39.2 Å². The molecule has 0 spiro atoms. The highest BCUT2D eigenvalue weighted by atomic mass is 16.5. The van der Waals surface area contributed by atoms with E-state index >= 15 is 0 Å². The van der Waals surface area contributed by atoms with Crippen molar-refractivity contribution in [1.29, 1.82) is 0 Å². The molecular weight excluding hydrogens is 178 g/mol. The molecule has 0 N–H and O–H groups in total. The van der Waals surface area contributed by atoms with Crippen molar-refractivity contribution in [3.8, 4) is 0 Å². The molecule has 0 atom stereocenters. The summed E-state index contributed by atoms with van der Waals surface area (Å²) >= 11 is 0. The van der Waals surface area contributed by atoms with E-state index in [0.717, 1.165) is 38.1 Å². The van der Waals surface area contributed by atoms with Crippen LogP contribution in [0.25, 0.3) is 0 Å². The van der Waals surface area contributed by atoms with E-state index in [2.05, 4.69) is 6.58 Å². The maximum Gasteiger partial charge on any atom is 0.219 e. The normalized spacial score (nSPS) is 18.0. The molecule has 14 heavy (non-hydrogen) atoms. The molecule has 0 bridgehead atoms. The van der Waals surface area contributed by atoms with E-state index in [0.29, 0.717) is 0 Å². The van der Waals surface area contributed by atoms with Crippen LogP contribution >= 0.6 is 0 Å². The summed E-state index contributed by atoms with van der Waals surface area (Å²) in [6, 6.07) is 0. The van der Waals surface area contributed by atoms with E-state index < -0.39 is 0 Å². The smallest absolute Gasteiger partial charge is 0.219 e. The Balaban J connectivity index is 2.29. The lowest BCUT2D eigenvalue weighted by atomic mass is 10.1. The molecule has 0 radical (unpaired) electrons. The lowest BCUT2D eigenvalue weighted by Gasteiger charge is -2.31. The Morgan fingerprint density at radius 3 is 2.50 bits per heavy atom. The summed E-state index contributed by atoms with van der Waals surface area (Å²) in [5.74, 6) is 1.02. The third-order valence-corrected chi connectivity index (χ3v) is 2.61. The lowest BCUT2D eigenvalue weighted by molar-refractivity contribution is -0.130. The fraction of sp³-hybridized carbons (Fsp3) is 0.727. The number of hydrogen-bond acceptors (Lipinski definition) is 2. The predicted octanol–water partition coefficient (Wildman–Crippen LogP) is 1.94. The number of ether oxygens (including phenoxy) is 1. The number of carbonyl (C=O) groups excluding carboxylic acids is 1. The number of hydrogen-bond donors (Lipinski definition) is 0. The number of piperidine rings is 1. The Hall–Kier alpha value is -0.990. The van der Waals surface area contributed by atoms with Gasteiger partial charge in [-0.3, -0.25) is 4.79 Å². The lowest BCUT2D eigenvalue weighted by Crippen LogP contribution is -2.39. The third-order valence-electron chi connectivity index (χ3n) is 2.61. The van der Waals surface area contributed by atoms with Gasteiger partial charge in [-0.25, -0.2) is 0 Å². The molecule has 0 aromatic carbocycles. The van der Waals surface area contributed by atoms with Gasteiger partial charge in [0.05, 0.1) is 5.76 Å². The van der Waals surface area contributed by atoms with Gasteiger partial charge in [0.25, 0.3) is 0 Å². The predicted molar refractivity (Wildman–Crippen MR) is 55.8 cm³/mol. The largest absolute Gasteiger partial charge is 0.495 e. The maximum absolute atomic E-state index is 11.1. The van der Waals surface area contributed by atoms with Gasteiger partial charge in [-0.1, -0.05) is 13.5 Å². The minimum absolute atomic E-state index is 0.165. The van der Waals surface area contributed by atoms with Crippen LogP contribution in [0.3, 0.4) is 0 Å². The Kier molecular flexibility index (Phi) is 3.98. The van der Waals surface area contributed by atoms with E-state index in [1.165, 1.54) is 0 Å². The number of rotatable bonds is 3. The first-order chi connectivity index (χ1) is 6.63. The zero-order valence-electron chi connectivity index (χ0n) is 9.08. The van der Waals surface area contributed by atoms with Crippen LogP contribution in [0.2, 0.25) is 0 Å². The van der Waals surface area contributed by atoms with Crippen molar-refractivity contribution < 1.29 is 9.53 Å². The summed E-state index contributed by atoms with van der Waals surface area (Å²) in [5.41, 5.74) is 0. The minimum Gasteiger partial charge on any atom is -0.495 e. The number of nitrogens with zero attached hydrogens (tertiary/aromatic N) is 1. The highest BCUT2D eigenvalue weighted by molar-refractivity contribution is 5.73. The van der Waals surface area contributed by atoms with E-state index in [1.54, 1.807) is 6.92 Å². The number of carbonyl (C=O) groups is 1. The van der Waals surface area contributed by atoms with Gasteiger partial charge in [0, 0.05) is 39.3 Å². The van der Waals surface area contributed by atoms with E-state index in [9.17, 15) is 4.79 Å². The molecule has 1 heterocycles. The summed E-state index contributed by atoms with van der Waals surface area (Å²) in [6.07, 6.45) is 2.99. The van der Waals surface area contributed by atoms with Gasteiger partial charge in [-0.05, 0) is 0 Å².